The van der Waals surface area contributed by atoms with Gasteiger partial charge >= 0.3 is 0 Å². The lowest BCUT2D eigenvalue weighted by Crippen LogP contribution is -2.42. The van der Waals surface area contributed by atoms with Crippen molar-refractivity contribution < 1.29 is 14.3 Å². The quantitative estimate of drug-likeness (QED) is 0.260. The van der Waals surface area contributed by atoms with E-state index in [2.05, 4.69) is 49.0 Å². The molecule has 0 saturated heterocycles. The third kappa shape index (κ3) is 5.89. The fourth-order valence-corrected chi connectivity index (χ4v) is 5.55. The predicted octanol–water partition coefficient (Wildman–Crippen LogP) is 3.41. The van der Waals surface area contributed by atoms with Crippen LogP contribution in [-0.4, -0.2) is 61.0 Å². The van der Waals surface area contributed by atoms with Crippen molar-refractivity contribution in [2.75, 3.05) is 11.9 Å². The molecule has 3 aromatic rings. The molecule has 6 rings (SSSR count). The second-order valence-corrected chi connectivity index (χ2v) is 12.0. The molecule has 5 N–H and O–H groups in total. The van der Waals surface area contributed by atoms with E-state index < -0.39 is 17.7 Å². The summed E-state index contributed by atoms with van der Waals surface area (Å²) in [6, 6.07) is 10.1. The first-order valence-electron chi connectivity index (χ1n) is 14.5. The number of aromatic nitrogens is 3. The number of hydrogen-bond donors (Lipinski definition) is 5. The molecule has 0 bridgehead atoms. The van der Waals surface area contributed by atoms with Crippen LogP contribution in [0.5, 0.6) is 0 Å². The summed E-state index contributed by atoms with van der Waals surface area (Å²) >= 11 is 0. The van der Waals surface area contributed by atoms with E-state index >= 15 is 0 Å². The highest BCUT2D eigenvalue weighted by Crippen LogP contribution is 2.35. The van der Waals surface area contributed by atoms with E-state index in [0.29, 0.717) is 40.2 Å². The van der Waals surface area contributed by atoms with Gasteiger partial charge in [0.05, 0.1) is 52.1 Å². The van der Waals surface area contributed by atoms with Crippen molar-refractivity contribution in [1.29, 1.82) is 5.26 Å². The smallest absolute Gasteiger partial charge is 0.255 e. The molecule has 12 heteroatoms. The maximum Gasteiger partial charge on any atom is 0.255 e. The van der Waals surface area contributed by atoms with Crippen molar-refractivity contribution in [2.24, 2.45) is 5.92 Å². The highest BCUT2D eigenvalue weighted by molar-refractivity contribution is 6.00. The third-order valence-electron chi connectivity index (χ3n) is 8.32. The lowest BCUT2D eigenvalue weighted by atomic mass is 9.84. The number of carbonyl (C=O) groups is 1. The van der Waals surface area contributed by atoms with Crippen molar-refractivity contribution in [3.05, 3.63) is 59.7 Å². The van der Waals surface area contributed by atoms with Gasteiger partial charge < -0.3 is 21.2 Å². The zero-order chi connectivity index (χ0) is 29.4. The summed E-state index contributed by atoms with van der Waals surface area (Å²) in [5.41, 5.74) is 9.70. The molecule has 0 unspecified atom stereocenters. The molecule has 2 fully saturated rings. The van der Waals surface area contributed by atoms with E-state index in [1.807, 2.05) is 18.2 Å². The van der Waals surface area contributed by atoms with Gasteiger partial charge in [0.2, 0.25) is 0 Å². The van der Waals surface area contributed by atoms with Crippen LogP contribution in [0.2, 0.25) is 0 Å². The Morgan fingerprint density at radius 3 is 2.71 bits per heavy atom. The van der Waals surface area contributed by atoms with Crippen molar-refractivity contribution >= 4 is 17.1 Å². The zero-order valence-corrected chi connectivity index (χ0v) is 23.8. The Labute approximate surface area is 243 Å². The van der Waals surface area contributed by atoms with Gasteiger partial charge in [-0.05, 0) is 76.6 Å². The Hall–Kier alpha value is -4.21. The van der Waals surface area contributed by atoms with E-state index in [1.165, 1.54) is 44.8 Å². The first-order chi connectivity index (χ1) is 20.2. The Morgan fingerprint density at radius 1 is 1.21 bits per heavy atom. The van der Waals surface area contributed by atoms with Crippen LogP contribution in [0, 0.1) is 17.2 Å². The van der Waals surface area contributed by atoms with Crippen LogP contribution in [0.3, 0.4) is 0 Å². The number of pyridine rings is 1. The number of halogens is 1. The molecule has 1 atom stereocenters. The summed E-state index contributed by atoms with van der Waals surface area (Å²) in [6.07, 6.45) is 9.85. The van der Waals surface area contributed by atoms with Gasteiger partial charge in [0.1, 0.15) is 12.2 Å². The molecule has 220 valence electrons. The minimum atomic E-state index is -1.62. The summed E-state index contributed by atoms with van der Waals surface area (Å²) in [6.45, 7) is 2.42. The van der Waals surface area contributed by atoms with E-state index in [-0.39, 0.29) is 12.6 Å². The number of nitriles is 1. The zero-order valence-electron chi connectivity index (χ0n) is 23.8. The number of hydrazine groups is 2. The molecule has 1 aliphatic heterocycles. The maximum atomic E-state index is 14.4. The highest BCUT2D eigenvalue weighted by atomic mass is 19.1. The molecule has 3 aliphatic rings. The van der Waals surface area contributed by atoms with Gasteiger partial charge in [-0.2, -0.15) is 10.4 Å². The molecule has 1 amide bonds. The molecule has 0 spiro atoms. The Bertz CT molecular complexity index is 1540. The third-order valence-corrected chi connectivity index (χ3v) is 8.32. The summed E-state index contributed by atoms with van der Waals surface area (Å²) < 4.78 is 16.1. The first kappa shape index (κ1) is 27.9. The summed E-state index contributed by atoms with van der Waals surface area (Å²) in [5.74, 6) is -0.0321. The van der Waals surface area contributed by atoms with Gasteiger partial charge in [-0.15, -0.1) is 5.53 Å². The lowest BCUT2D eigenvalue weighted by Gasteiger charge is -2.30. The average Bonchev–Trinajstić information content (AvgIpc) is 3.56. The molecular weight excluding hydrogens is 537 g/mol. The second-order valence-electron chi connectivity index (χ2n) is 12.0. The highest BCUT2D eigenvalue weighted by Gasteiger charge is 2.33. The summed E-state index contributed by atoms with van der Waals surface area (Å²) in [7, 11) is 0. The normalized spacial score (nSPS) is 21.4. The number of carbonyl (C=O) groups excluding carboxylic acids is 1. The number of nitrogens with one attached hydrogen (secondary N) is 4. The average molecular weight is 574 g/mol. The standard InChI is InChI=1S/C30H36FN9O2/c1-30(2,42)28(31)16-34-29(41)23-15-33-25(27-10-9-22-11-18(13-32)14-35-40(22)27)12-24(23)36-20-5-3-19(4-6-20)26-17-39(38-37-26)21-7-8-21/h9-12,14-15,17,19-21,28,37-38,42H,3-8,16H2,1-2H3,(H,33,36)(H,34,41)/t19-,20-,28-/m1/s1. The molecule has 0 aromatic carbocycles. The number of amides is 1. The van der Waals surface area contributed by atoms with Crippen LogP contribution >= 0.6 is 0 Å². The fourth-order valence-electron chi connectivity index (χ4n) is 5.55. The molecule has 42 heavy (non-hydrogen) atoms. The van der Waals surface area contributed by atoms with E-state index in [4.69, 9.17) is 0 Å². The van der Waals surface area contributed by atoms with E-state index in [9.17, 15) is 19.6 Å². The van der Waals surface area contributed by atoms with Gasteiger partial charge in [-0.3, -0.25) is 14.8 Å². The van der Waals surface area contributed by atoms with Crippen LogP contribution in [0.4, 0.5) is 10.1 Å². The molecule has 2 aliphatic carbocycles. The molecular formula is C30H36FN9O2. The fraction of sp³-hybridized carbons (Fsp3) is 0.467. The van der Waals surface area contributed by atoms with Crippen molar-refractivity contribution in [2.45, 2.75) is 76.2 Å². The van der Waals surface area contributed by atoms with Crippen LogP contribution in [-0.2, 0) is 0 Å². The number of allylic oxidation sites excluding steroid dienone is 1. The number of rotatable bonds is 9. The lowest BCUT2D eigenvalue weighted by molar-refractivity contribution is -0.00177. The Balaban J connectivity index is 1.22. The molecule has 4 heterocycles. The summed E-state index contributed by atoms with van der Waals surface area (Å²) in [5, 5.41) is 31.9. The van der Waals surface area contributed by atoms with Crippen LogP contribution in [0.25, 0.3) is 16.9 Å². The van der Waals surface area contributed by atoms with Crippen LogP contribution < -0.4 is 21.6 Å². The SMILES string of the molecule is CC(C)(O)[C@H](F)CNC(=O)c1cnc(-c2ccc3cc(C#N)cnn23)cc1N[C@H]1CC[C@H](C2=CN(C3CC3)NN2)CC1. The van der Waals surface area contributed by atoms with E-state index in [1.54, 1.807) is 10.6 Å². The topological polar surface area (TPSA) is 143 Å². The van der Waals surface area contributed by atoms with Crippen molar-refractivity contribution in [3.8, 4) is 17.5 Å². The van der Waals surface area contributed by atoms with Crippen molar-refractivity contribution in [3.63, 3.8) is 0 Å². The molecule has 0 radical (unpaired) electrons. The number of nitrogens with zero attached hydrogens (tertiary/aromatic N) is 5. The monoisotopic (exact) mass is 573 g/mol. The number of hydrogen-bond acceptors (Lipinski definition) is 9. The molecule has 2 saturated carbocycles. The summed E-state index contributed by atoms with van der Waals surface area (Å²) in [4.78, 5) is 17.8. The van der Waals surface area contributed by atoms with E-state index in [0.717, 1.165) is 31.2 Å². The maximum absolute atomic E-state index is 14.4. The van der Waals surface area contributed by atoms with Crippen LogP contribution in [0.1, 0.15) is 68.3 Å². The predicted molar refractivity (Wildman–Crippen MR) is 155 cm³/mol. The second kappa shape index (κ2) is 11.2. The van der Waals surface area contributed by atoms with Gasteiger partial charge in [0.15, 0.2) is 0 Å². The van der Waals surface area contributed by atoms with Gasteiger partial charge in [-0.1, -0.05) is 0 Å². The van der Waals surface area contributed by atoms with Gasteiger partial charge in [-0.25, -0.2) is 8.91 Å². The van der Waals surface area contributed by atoms with Crippen LogP contribution in [0.15, 0.2) is 48.6 Å². The number of fused-ring (bicyclic) bond motifs is 1. The molecule has 11 nitrogen and oxygen atoms in total. The number of alkyl halides is 1. The first-order valence-corrected chi connectivity index (χ1v) is 14.5. The van der Waals surface area contributed by atoms with Gasteiger partial charge in [0, 0.05) is 36.1 Å². The van der Waals surface area contributed by atoms with Crippen molar-refractivity contribution in [1.82, 2.24) is 35.9 Å². The number of anilines is 1. The molecule has 3 aromatic heterocycles. The minimum Gasteiger partial charge on any atom is -0.387 e. The Kier molecular flexibility index (Phi) is 7.47. The Morgan fingerprint density at radius 2 is 2.00 bits per heavy atom. The van der Waals surface area contributed by atoms with Gasteiger partial charge in [0.25, 0.3) is 5.91 Å². The number of aliphatic hydroxyl groups is 1. The minimum absolute atomic E-state index is 0.142. The largest absolute Gasteiger partial charge is 0.387 e.